The summed E-state index contributed by atoms with van der Waals surface area (Å²) >= 11 is 0. The van der Waals surface area contributed by atoms with Crippen molar-refractivity contribution in [2.24, 2.45) is 17.0 Å². The van der Waals surface area contributed by atoms with Crippen molar-refractivity contribution >= 4 is 14.4 Å². The molecule has 0 bridgehead atoms. The minimum atomic E-state index is -2.18. The molecule has 2 aliphatic rings. The molecule has 0 radical (unpaired) electrons. The molecule has 154 valence electrons. The molecule has 0 aromatic heterocycles. The first-order chi connectivity index (χ1) is 12.3. The Morgan fingerprint density at radius 3 is 2.48 bits per heavy atom. The van der Waals surface area contributed by atoms with Gasteiger partial charge in [0.15, 0.2) is 8.32 Å². The fraction of sp³-hybridized carbons (Fsp3) is 0.944. The largest absolute Gasteiger partial charge is 0.465 e. The second kappa shape index (κ2) is 7.62. The van der Waals surface area contributed by atoms with Gasteiger partial charge in [0, 0.05) is 11.5 Å². The number of ether oxygens (including phenoxy) is 1. The standard InChI is InChI=1S/C18H34N4O4Si/c1-17(2,3)27(6,7)26-15(13(10-20-21-19)12-8-9-12)14-11-25-18(4,5)22(14)16(23)24/h12-15H,8-11H2,1-7H3,(H,23,24)/t13-,14-,15-/m1/s1. The Balaban J connectivity index is 2.42. The van der Waals surface area contributed by atoms with Crippen molar-refractivity contribution in [1.29, 1.82) is 0 Å². The first-order valence-electron chi connectivity index (χ1n) is 9.66. The molecule has 27 heavy (non-hydrogen) atoms. The van der Waals surface area contributed by atoms with Gasteiger partial charge in [-0.05, 0) is 62.2 Å². The van der Waals surface area contributed by atoms with Crippen LogP contribution in [0.5, 0.6) is 0 Å². The lowest BCUT2D eigenvalue weighted by Gasteiger charge is -2.45. The number of nitrogens with zero attached hydrogens (tertiary/aromatic N) is 4. The monoisotopic (exact) mass is 398 g/mol. The second-order valence-electron chi connectivity index (χ2n) is 9.74. The molecule has 1 saturated heterocycles. The molecular formula is C18H34N4O4Si. The Morgan fingerprint density at radius 1 is 1.44 bits per heavy atom. The van der Waals surface area contributed by atoms with Crippen LogP contribution in [0.4, 0.5) is 4.79 Å². The summed E-state index contributed by atoms with van der Waals surface area (Å²) in [4.78, 5) is 16.4. The molecule has 0 unspecified atom stereocenters. The number of amides is 1. The van der Waals surface area contributed by atoms with Crippen LogP contribution in [0.3, 0.4) is 0 Å². The van der Waals surface area contributed by atoms with Gasteiger partial charge in [-0.25, -0.2) is 4.79 Å². The van der Waals surface area contributed by atoms with E-state index in [-0.39, 0.29) is 23.7 Å². The number of carbonyl (C=O) groups is 1. The number of hydrogen-bond acceptors (Lipinski definition) is 4. The second-order valence-corrected chi connectivity index (χ2v) is 14.5. The molecule has 1 aliphatic heterocycles. The van der Waals surface area contributed by atoms with Gasteiger partial charge < -0.3 is 14.3 Å². The van der Waals surface area contributed by atoms with Gasteiger partial charge in [0.2, 0.25) is 0 Å². The van der Waals surface area contributed by atoms with Crippen molar-refractivity contribution in [3.63, 3.8) is 0 Å². The van der Waals surface area contributed by atoms with Crippen LogP contribution in [0.25, 0.3) is 10.4 Å². The maximum atomic E-state index is 12.0. The van der Waals surface area contributed by atoms with E-state index in [2.05, 4.69) is 43.9 Å². The third kappa shape index (κ3) is 4.77. The number of hydrogen-bond donors (Lipinski definition) is 1. The molecule has 0 spiro atoms. The Hall–Kier alpha value is -1.28. The van der Waals surface area contributed by atoms with E-state index in [1.807, 2.05) is 0 Å². The molecule has 1 saturated carbocycles. The molecule has 1 aliphatic carbocycles. The minimum absolute atomic E-state index is 0.000579. The number of rotatable bonds is 7. The van der Waals surface area contributed by atoms with E-state index in [0.717, 1.165) is 12.8 Å². The topological polar surface area (TPSA) is 108 Å². The highest BCUT2D eigenvalue weighted by molar-refractivity contribution is 6.74. The molecule has 8 nitrogen and oxygen atoms in total. The zero-order chi connectivity index (χ0) is 20.6. The molecule has 3 atom stereocenters. The maximum Gasteiger partial charge on any atom is 0.409 e. The van der Waals surface area contributed by atoms with Crippen LogP contribution < -0.4 is 0 Å². The molecule has 2 fully saturated rings. The molecule has 1 amide bonds. The van der Waals surface area contributed by atoms with Crippen LogP contribution >= 0.6 is 0 Å². The van der Waals surface area contributed by atoms with E-state index >= 15 is 0 Å². The Kier molecular flexibility index (Phi) is 6.21. The summed E-state index contributed by atoms with van der Waals surface area (Å²) in [5.41, 5.74) is 7.94. The van der Waals surface area contributed by atoms with Gasteiger partial charge >= 0.3 is 6.09 Å². The molecular weight excluding hydrogens is 364 g/mol. The average molecular weight is 399 g/mol. The summed E-state index contributed by atoms with van der Waals surface area (Å²) in [7, 11) is -2.18. The normalized spacial score (nSPS) is 25.0. The van der Waals surface area contributed by atoms with E-state index in [4.69, 9.17) is 14.7 Å². The van der Waals surface area contributed by atoms with Crippen molar-refractivity contribution in [2.75, 3.05) is 13.2 Å². The van der Waals surface area contributed by atoms with Crippen molar-refractivity contribution in [1.82, 2.24) is 4.90 Å². The number of carboxylic acid groups (broad SMARTS) is 1. The predicted octanol–water partition coefficient (Wildman–Crippen LogP) is 4.83. The van der Waals surface area contributed by atoms with Crippen molar-refractivity contribution < 1.29 is 19.1 Å². The first kappa shape index (κ1) is 22.0. The molecule has 0 aromatic carbocycles. The zero-order valence-electron chi connectivity index (χ0n) is 17.6. The average Bonchev–Trinajstić information content (AvgIpc) is 3.28. The maximum absolute atomic E-state index is 12.0. The Labute approximate surface area is 163 Å². The highest BCUT2D eigenvalue weighted by Gasteiger charge is 2.53. The zero-order valence-corrected chi connectivity index (χ0v) is 18.6. The SMILES string of the molecule is CC1(C)OC[C@H]([C@H](O[Si](C)(C)C(C)(C)C)[C@H](CN=[N+]=[N-])C2CC2)N1C(=O)O. The summed E-state index contributed by atoms with van der Waals surface area (Å²) in [6.07, 6.45) is 0.770. The van der Waals surface area contributed by atoms with Crippen LogP contribution in [-0.4, -0.2) is 55.4 Å². The smallest absolute Gasteiger partial charge is 0.409 e. The van der Waals surface area contributed by atoms with Gasteiger partial charge in [0.05, 0.1) is 18.8 Å². The fourth-order valence-corrected chi connectivity index (χ4v) is 4.96. The van der Waals surface area contributed by atoms with Crippen LogP contribution in [0, 0.1) is 11.8 Å². The van der Waals surface area contributed by atoms with Gasteiger partial charge in [0.25, 0.3) is 0 Å². The fourth-order valence-electron chi connectivity index (χ4n) is 3.59. The third-order valence-corrected chi connectivity index (χ3v) is 10.8. The van der Waals surface area contributed by atoms with E-state index in [1.54, 1.807) is 13.8 Å². The van der Waals surface area contributed by atoms with Gasteiger partial charge in [-0.1, -0.05) is 25.9 Å². The van der Waals surface area contributed by atoms with Crippen molar-refractivity contribution in [3.05, 3.63) is 10.4 Å². The van der Waals surface area contributed by atoms with Gasteiger partial charge in [-0.2, -0.15) is 0 Å². The van der Waals surface area contributed by atoms with Crippen LogP contribution in [0.1, 0.15) is 47.5 Å². The molecule has 9 heteroatoms. The summed E-state index contributed by atoms with van der Waals surface area (Å²) < 4.78 is 12.6. The lowest BCUT2D eigenvalue weighted by molar-refractivity contribution is -0.0488. The highest BCUT2D eigenvalue weighted by atomic mass is 28.4. The minimum Gasteiger partial charge on any atom is -0.465 e. The van der Waals surface area contributed by atoms with E-state index < -0.39 is 26.2 Å². The quantitative estimate of drug-likeness (QED) is 0.287. The third-order valence-electron chi connectivity index (χ3n) is 6.35. The van der Waals surface area contributed by atoms with Gasteiger partial charge in [-0.3, -0.25) is 4.90 Å². The summed E-state index contributed by atoms with van der Waals surface area (Å²) in [5, 5.41) is 13.7. The highest BCUT2D eigenvalue weighted by Crippen LogP contribution is 2.46. The van der Waals surface area contributed by atoms with Crippen LogP contribution in [-0.2, 0) is 9.16 Å². The molecule has 1 heterocycles. The lowest BCUT2D eigenvalue weighted by atomic mass is 9.91. The number of azide groups is 1. The first-order valence-corrected chi connectivity index (χ1v) is 12.6. The predicted molar refractivity (Wildman–Crippen MR) is 106 cm³/mol. The van der Waals surface area contributed by atoms with E-state index in [0.29, 0.717) is 12.5 Å². The molecule has 0 aromatic rings. The van der Waals surface area contributed by atoms with E-state index in [9.17, 15) is 9.90 Å². The molecule has 2 rings (SSSR count). The van der Waals surface area contributed by atoms with E-state index in [1.165, 1.54) is 4.90 Å². The van der Waals surface area contributed by atoms with Gasteiger partial charge in [-0.15, -0.1) is 0 Å². The molecule has 1 N–H and O–H groups in total. The Bertz CT molecular complexity index is 609. The summed E-state index contributed by atoms with van der Waals surface area (Å²) in [6, 6.07) is -0.411. The van der Waals surface area contributed by atoms with Crippen molar-refractivity contribution in [2.45, 2.75) is 83.5 Å². The van der Waals surface area contributed by atoms with Crippen molar-refractivity contribution in [3.8, 4) is 0 Å². The van der Waals surface area contributed by atoms with Crippen LogP contribution in [0.15, 0.2) is 5.11 Å². The van der Waals surface area contributed by atoms with Gasteiger partial charge in [0.1, 0.15) is 5.72 Å². The summed E-state index contributed by atoms with van der Waals surface area (Å²) in [6.45, 7) is 15.0. The Morgan fingerprint density at radius 2 is 2.04 bits per heavy atom. The lowest BCUT2D eigenvalue weighted by Crippen LogP contribution is -2.58. The van der Waals surface area contributed by atoms with Crippen LogP contribution in [0.2, 0.25) is 18.1 Å². The summed E-state index contributed by atoms with van der Waals surface area (Å²) in [5.74, 6) is 0.406.